The zero-order valence-electron chi connectivity index (χ0n) is 31.9. The van der Waals surface area contributed by atoms with Gasteiger partial charge in [0, 0.05) is 0 Å². The summed E-state index contributed by atoms with van der Waals surface area (Å²) in [6, 6.07) is 84.7. The molecule has 0 unspecified atom stereocenters. The first-order chi connectivity index (χ1) is 28.7. The average Bonchev–Trinajstić information content (AvgIpc) is 3.30. The first kappa shape index (κ1) is 33.8. The van der Waals surface area contributed by atoms with Crippen molar-refractivity contribution in [3.05, 3.63) is 231 Å². The predicted molar refractivity (Wildman–Crippen MR) is 249 cm³/mol. The fourth-order valence-corrected chi connectivity index (χ4v) is 8.96. The molecule has 0 spiro atoms. The van der Waals surface area contributed by atoms with Crippen molar-refractivity contribution in [2.24, 2.45) is 0 Å². The summed E-state index contributed by atoms with van der Waals surface area (Å²) >= 11 is 0. The van der Waals surface area contributed by atoms with E-state index in [2.05, 4.69) is 231 Å². The Labute approximate surface area is 339 Å². The van der Waals surface area contributed by atoms with Gasteiger partial charge in [-0.2, -0.15) is 0 Å². The van der Waals surface area contributed by atoms with Gasteiger partial charge < -0.3 is 0 Å². The molecule has 0 aromatic heterocycles. The number of fused-ring (bicyclic) bond motifs is 4. The zero-order valence-corrected chi connectivity index (χ0v) is 31.9. The molecular weight excluding hydrogens is 697 g/mol. The molecule has 0 radical (unpaired) electrons. The highest BCUT2D eigenvalue weighted by molar-refractivity contribution is 6.22. The molecule has 0 aliphatic carbocycles. The van der Waals surface area contributed by atoms with Gasteiger partial charge in [-0.05, 0) is 152 Å². The Morgan fingerprint density at radius 3 is 1.02 bits per heavy atom. The molecule has 0 saturated carbocycles. The minimum atomic E-state index is 1.19. The summed E-state index contributed by atoms with van der Waals surface area (Å²) in [7, 11) is 0. The fraction of sp³-hybridized carbons (Fsp3) is 0. The van der Waals surface area contributed by atoms with Crippen molar-refractivity contribution in [3.63, 3.8) is 0 Å². The van der Waals surface area contributed by atoms with Crippen LogP contribution in [0.4, 0.5) is 0 Å². The molecular formula is C58H38. The molecule has 0 heterocycles. The number of hydrogen-bond acceptors (Lipinski definition) is 0. The molecule has 11 aromatic rings. The maximum absolute atomic E-state index is 2.40. The molecule has 11 aromatic carbocycles. The molecule has 0 fully saturated rings. The lowest BCUT2D eigenvalue weighted by Crippen LogP contribution is -1.92. The lowest BCUT2D eigenvalue weighted by Gasteiger charge is -2.19. The normalized spacial score (nSPS) is 11.4. The van der Waals surface area contributed by atoms with Crippen molar-refractivity contribution in [3.8, 4) is 66.8 Å². The van der Waals surface area contributed by atoms with E-state index in [4.69, 9.17) is 0 Å². The van der Waals surface area contributed by atoms with Gasteiger partial charge >= 0.3 is 0 Å². The molecule has 0 nitrogen and oxygen atoms in total. The molecule has 0 aliphatic heterocycles. The van der Waals surface area contributed by atoms with Crippen LogP contribution >= 0.6 is 0 Å². The van der Waals surface area contributed by atoms with Crippen LogP contribution in [0, 0.1) is 0 Å². The van der Waals surface area contributed by atoms with E-state index < -0.39 is 0 Å². The maximum atomic E-state index is 2.40. The van der Waals surface area contributed by atoms with Gasteiger partial charge in [0.05, 0.1) is 0 Å². The van der Waals surface area contributed by atoms with Gasteiger partial charge in [0.1, 0.15) is 0 Å². The second-order valence-electron chi connectivity index (χ2n) is 15.3. The van der Waals surface area contributed by atoms with Crippen LogP contribution in [-0.2, 0) is 0 Å². The third kappa shape index (κ3) is 6.04. The standard InChI is InChI=1S/C58H38/c1-2-14-39(15-3-1)50-36-51(47-23-13-21-45(34-47)44-20-12-22-46(33-44)48-30-28-40-16-4-6-18-42(40)32-48)38-52(37-50)58-55-26-10-8-24-53(55)57(54-25-9-11-27-56(54)58)49-31-29-41-17-5-7-19-43(41)35-49/h1-38H. The third-order valence-electron chi connectivity index (χ3n) is 11.8. The summed E-state index contributed by atoms with van der Waals surface area (Å²) in [6.45, 7) is 0. The van der Waals surface area contributed by atoms with Gasteiger partial charge in [-0.3, -0.25) is 0 Å². The van der Waals surface area contributed by atoms with Crippen LogP contribution in [0.25, 0.3) is 110 Å². The van der Waals surface area contributed by atoms with E-state index in [1.807, 2.05) is 0 Å². The first-order valence-corrected chi connectivity index (χ1v) is 20.1. The van der Waals surface area contributed by atoms with E-state index in [0.29, 0.717) is 0 Å². The third-order valence-corrected chi connectivity index (χ3v) is 11.8. The molecule has 0 saturated heterocycles. The molecule has 0 heteroatoms. The summed E-state index contributed by atoms with van der Waals surface area (Å²) in [5, 5.41) is 10.0. The SMILES string of the molecule is c1ccc(-c2cc(-c3cccc(-c4cccc(-c5ccc6ccccc6c5)c4)c3)cc(-c3c4ccccc4c(-c4ccc5ccccc5c4)c4ccccc34)c2)cc1. The molecule has 270 valence electrons. The minimum Gasteiger partial charge on any atom is -0.0622 e. The lowest BCUT2D eigenvalue weighted by atomic mass is 9.84. The second kappa shape index (κ2) is 14.2. The molecule has 58 heavy (non-hydrogen) atoms. The Bertz CT molecular complexity index is 3280. The Balaban J connectivity index is 1.09. The quantitative estimate of drug-likeness (QED) is 0.149. The Morgan fingerprint density at radius 1 is 0.155 bits per heavy atom. The van der Waals surface area contributed by atoms with Crippen LogP contribution in [0.3, 0.4) is 0 Å². The number of hydrogen-bond donors (Lipinski definition) is 0. The Kier molecular flexibility index (Phi) is 8.26. The molecule has 0 aliphatic rings. The van der Waals surface area contributed by atoms with Gasteiger partial charge in [-0.15, -0.1) is 0 Å². The van der Waals surface area contributed by atoms with E-state index in [1.54, 1.807) is 0 Å². The monoisotopic (exact) mass is 734 g/mol. The first-order valence-electron chi connectivity index (χ1n) is 20.1. The molecule has 0 bridgehead atoms. The molecule has 0 atom stereocenters. The van der Waals surface area contributed by atoms with E-state index in [1.165, 1.54) is 110 Å². The van der Waals surface area contributed by atoms with Gasteiger partial charge in [-0.25, -0.2) is 0 Å². The van der Waals surface area contributed by atoms with Crippen LogP contribution < -0.4 is 0 Å². The van der Waals surface area contributed by atoms with E-state index in [9.17, 15) is 0 Å². The topological polar surface area (TPSA) is 0 Å². The fourth-order valence-electron chi connectivity index (χ4n) is 8.96. The Hall–Kier alpha value is -7.54. The van der Waals surface area contributed by atoms with Crippen molar-refractivity contribution in [1.29, 1.82) is 0 Å². The van der Waals surface area contributed by atoms with Crippen LogP contribution in [0.1, 0.15) is 0 Å². The van der Waals surface area contributed by atoms with Gasteiger partial charge in [0.2, 0.25) is 0 Å². The predicted octanol–water partition coefficient (Wildman–Crippen LogP) is 16.3. The smallest absolute Gasteiger partial charge is 0.00259 e. The summed E-state index contributed by atoms with van der Waals surface area (Å²) in [5.41, 5.74) is 14.6. The number of benzene rings is 11. The highest BCUT2D eigenvalue weighted by atomic mass is 14.2. The van der Waals surface area contributed by atoms with Crippen LogP contribution in [0.5, 0.6) is 0 Å². The van der Waals surface area contributed by atoms with Crippen LogP contribution in [0.15, 0.2) is 231 Å². The molecule has 0 N–H and O–H groups in total. The van der Waals surface area contributed by atoms with Crippen LogP contribution in [-0.4, -0.2) is 0 Å². The average molecular weight is 735 g/mol. The Morgan fingerprint density at radius 2 is 0.483 bits per heavy atom. The van der Waals surface area contributed by atoms with Crippen LogP contribution in [0.2, 0.25) is 0 Å². The van der Waals surface area contributed by atoms with E-state index in [-0.39, 0.29) is 0 Å². The van der Waals surface area contributed by atoms with Gasteiger partial charge in [0.25, 0.3) is 0 Å². The summed E-state index contributed by atoms with van der Waals surface area (Å²) in [5.74, 6) is 0. The van der Waals surface area contributed by atoms with E-state index in [0.717, 1.165) is 0 Å². The lowest BCUT2D eigenvalue weighted by molar-refractivity contribution is 1.56. The minimum absolute atomic E-state index is 1.19. The zero-order chi connectivity index (χ0) is 38.4. The van der Waals surface area contributed by atoms with Gasteiger partial charge in [-0.1, -0.05) is 188 Å². The van der Waals surface area contributed by atoms with Crippen molar-refractivity contribution in [2.45, 2.75) is 0 Å². The summed E-state index contributed by atoms with van der Waals surface area (Å²) in [4.78, 5) is 0. The van der Waals surface area contributed by atoms with Crippen molar-refractivity contribution in [1.82, 2.24) is 0 Å². The van der Waals surface area contributed by atoms with E-state index >= 15 is 0 Å². The highest BCUT2D eigenvalue weighted by Gasteiger charge is 2.18. The molecule has 0 amide bonds. The molecule has 11 rings (SSSR count). The highest BCUT2D eigenvalue weighted by Crippen LogP contribution is 2.46. The van der Waals surface area contributed by atoms with Crippen molar-refractivity contribution in [2.75, 3.05) is 0 Å². The van der Waals surface area contributed by atoms with Crippen molar-refractivity contribution >= 4 is 43.1 Å². The summed E-state index contributed by atoms with van der Waals surface area (Å²) in [6.07, 6.45) is 0. The maximum Gasteiger partial charge on any atom is -0.00259 e. The summed E-state index contributed by atoms with van der Waals surface area (Å²) < 4.78 is 0. The second-order valence-corrected chi connectivity index (χ2v) is 15.3. The van der Waals surface area contributed by atoms with Crippen molar-refractivity contribution < 1.29 is 0 Å². The largest absolute Gasteiger partial charge is 0.0622 e. The number of rotatable bonds is 6. The van der Waals surface area contributed by atoms with Gasteiger partial charge in [0.15, 0.2) is 0 Å².